The van der Waals surface area contributed by atoms with E-state index in [1.54, 1.807) is 20.4 Å². The van der Waals surface area contributed by atoms with E-state index in [0.29, 0.717) is 6.54 Å². The highest BCUT2D eigenvalue weighted by atomic mass is 16.5. The van der Waals surface area contributed by atoms with Crippen LogP contribution >= 0.6 is 0 Å². The minimum atomic E-state index is 0.629. The first-order chi connectivity index (χ1) is 9.22. The molecule has 5 nitrogen and oxygen atoms in total. The van der Waals surface area contributed by atoms with E-state index < -0.39 is 0 Å². The summed E-state index contributed by atoms with van der Waals surface area (Å²) in [6.45, 7) is 2.49. The van der Waals surface area contributed by atoms with E-state index in [9.17, 15) is 0 Å². The SMILES string of the molecule is COc1ccc(CNc2ccnc(C)n2)c(OC)c1. The maximum atomic E-state index is 5.35. The molecule has 2 aromatic rings. The van der Waals surface area contributed by atoms with Crippen molar-refractivity contribution in [2.75, 3.05) is 19.5 Å². The highest BCUT2D eigenvalue weighted by Gasteiger charge is 2.05. The van der Waals surface area contributed by atoms with Crippen molar-refractivity contribution in [1.82, 2.24) is 9.97 Å². The second-order valence-electron chi connectivity index (χ2n) is 4.02. The summed E-state index contributed by atoms with van der Waals surface area (Å²) in [6, 6.07) is 7.58. The average Bonchev–Trinajstić information content (AvgIpc) is 2.45. The van der Waals surface area contributed by atoms with E-state index in [1.165, 1.54) is 0 Å². The number of anilines is 1. The molecule has 0 aliphatic rings. The van der Waals surface area contributed by atoms with Crippen LogP contribution in [0, 0.1) is 6.92 Å². The van der Waals surface area contributed by atoms with Crippen molar-refractivity contribution in [2.24, 2.45) is 0 Å². The molecular formula is C14H17N3O2. The number of methoxy groups -OCH3 is 2. The van der Waals surface area contributed by atoms with Gasteiger partial charge in [0.1, 0.15) is 23.1 Å². The van der Waals surface area contributed by atoms with Crippen molar-refractivity contribution in [3.05, 3.63) is 41.9 Å². The van der Waals surface area contributed by atoms with E-state index in [4.69, 9.17) is 9.47 Å². The van der Waals surface area contributed by atoms with Crippen LogP contribution in [0.5, 0.6) is 11.5 Å². The van der Waals surface area contributed by atoms with Crippen molar-refractivity contribution < 1.29 is 9.47 Å². The number of benzene rings is 1. The van der Waals surface area contributed by atoms with Crippen LogP contribution < -0.4 is 14.8 Å². The summed E-state index contributed by atoms with van der Waals surface area (Å²) in [4.78, 5) is 8.35. The minimum absolute atomic E-state index is 0.629. The molecular weight excluding hydrogens is 242 g/mol. The first-order valence-corrected chi connectivity index (χ1v) is 5.97. The molecule has 0 fully saturated rings. The fraction of sp³-hybridized carbons (Fsp3) is 0.286. The predicted octanol–water partition coefficient (Wildman–Crippen LogP) is 2.41. The second-order valence-corrected chi connectivity index (χ2v) is 4.02. The molecule has 1 aromatic heterocycles. The summed E-state index contributed by atoms with van der Waals surface area (Å²) >= 11 is 0. The van der Waals surface area contributed by atoms with E-state index in [1.807, 2.05) is 31.2 Å². The Morgan fingerprint density at radius 2 is 2.00 bits per heavy atom. The molecule has 1 aromatic carbocycles. The lowest BCUT2D eigenvalue weighted by atomic mass is 10.2. The average molecular weight is 259 g/mol. The van der Waals surface area contributed by atoms with Crippen LogP contribution in [0.25, 0.3) is 0 Å². The zero-order valence-electron chi connectivity index (χ0n) is 11.3. The molecule has 0 amide bonds. The van der Waals surface area contributed by atoms with Crippen molar-refractivity contribution in [1.29, 1.82) is 0 Å². The highest BCUT2D eigenvalue weighted by Crippen LogP contribution is 2.25. The van der Waals surface area contributed by atoms with Gasteiger partial charge in [-0.2, -0.15) is 0 Å². The van der Waals surface area contributed by atoms with Gasteiger partial charge in [-0.05, 0) is 25.1 Å². The molecule has 0 aliphatic heterocycles. The largest absolute Gasteiger partial charge is 0.497 e. The molecule has 2 rings (SSSR count). The molecule has 0 saturated carbocycles. The molecule has 0 atom stereocenters. The number of aromatic nitrogens is 2. The van der Waals surface area contributed by atoms with Crippen molar-refractivity contribution in [3.8, 4) is 11.5 Å². The first-order valence-electron chi connectivity index (χ1n) is 5.97. The van der Waals surface area contributed by atoms with Crippen LogP contribution in [0.3, 0.4) is 0 Å². The molecule has 0 saturated heterocycles. The molecule has 1 heterocycles. The number of ether oxygens (including phenoxy) is 2. The van der Waals surface area contributed by atoms with Crippen LogP contribution in [0.2, 0.25) is 0 Å². The topological polar surface area (TPSA) is 56.3 Å². The lowest BCUT2D eigenvalue weighted by Gasteiger charge is -2.11. The summed E-state index contributed by atoms with van der Waals surface area (Å²) < 4.78 is 10.5. The number of aryl methyl sites for hydroxylation is 1. The number of rotatable bonds is 5. The Hall–Kier alpha value is -2.30. The van der Waals surface area contributed by atoms with Crippen molar-refractivity contribution >= 4 is 5.82 Å². The summed E-state index contributed by atoms with van der Waals surface area (Å²) in [5.74, 6) is 3.10. The Kier molecular flexibility index (Phi) is 4.18. The monoisotopic (exact) mass is 259 g/mol. The third-order valence-corrected chi connectivity index (χ3v) is 2.73. The molecule has 0 radical (unpaired) electrons. The first kappa shape index (κ1) is 13.1. The molecule has 1 N–H and O–H groups in total. The summed E-state index contributed by atoms with van der Waals surface area (Å²) in [6.07, 6.45) is 1.73. The third-order valence-electron chi connectivity index (χ3n) is 2.73. The van der Waals surface area contributed by atoms with Gasteiger partial charge in [0.2, 0.25) is 0 Å². The maximum absolute atomic E-state index is 5.35. The summed E-state index contributed by atoms with van der Waals surface area (Å²) in [7, 11) is 3.28. The number of nitrogens with zero attached hydrogens (tertiary/aromatic N) is 2. The number of hydrogen-bond acceptors (Lipinski definition) is 5. The van der Waals surface area contributed by atoms with Crippen LogP contribution in [-0.2, 0) is 6.54 Å². The standard InChI is InChI=1S/C14H17N3O2/c1-10-15-7-6-14(17-10)16-9-11-4-5-12(18-2)8-13(11)19-3/h4-8H,9H2,1-3H3,(H,15,16,17). The van der Waals surface area contributed by atoms with Gasteiger partial charge in [-0.1, -0.05) is 0 Å². The molecule has 0 spiro atoms. The van der Waals surface area contributed by atoms with Crippen molar-refractivity contribution in [2.45, 2.75) is 13.5 Å². The van der Waals surface area contributed by atoms with Crippen LogP contribution in [-0.4, -0.2) is 24.2 Å². The van der Waals surface area contributed by atoms with Gasteiger partial charge in [-0.15, -0.1) is 0 Å². The Balaban J connectivity index is 2.11. The fourth-order valence-corrected chi connectivity index (χ4v) is 1.74. The van der Waals surface area contributed by atoms with Gasteiger partial charge >= 0.3 is 0 Å². The lowest BCUT2D eigenvalue weighted by molar-refractivity contribution is 0.391. The van der Waals surface area contributed by atoms with Crippen LogP contribution in [0.15, 0.2) is 30.5 Å². The second kappa shape index (κ2) is 6.04. The van der Waals surface area contributed by atoms with Crippen LogP contribution in [0.4, 0.5) is 5.82 Å². The predicted molar refractivity (Wildman–Crippen MR) is 73.6 cm³/mol. The molecule has 0 bridgehead atoms. The van der Waals surface area contributed by atoms with Crippen molar-refractivity contribution in [3.63, 3.8) is 0 Å². The molecule has 0 unspecified atom stereocenters. The Bertz CT molecular complexity index is 558. The Morgan fingerprint density at radius 1 is 1.16 bits per heavy atom. The third kappa shape index (κ3) is 3.34. The van der Waals surface area contributed by atoms with E-state index in [2.05, 4.69) is 15.3 Å². The van der Waals surface area contributed by atoms with E-state index in [0.717, 1.165) is 28.7 Å². The number of hydrogen-bond donors (Lipinski definition) is 1. The van der Waals surface area contributed by atoms with Gasteiger partial charge in [0.15, 0.2) is 0 Å². The normalized spacial score (nSPS) is 10.1. The molecule has 19 heavy (non-hydrogen) atoms. The fourth-order valence-electron chi connectivity index (χ4n) is 1.74. The van der Waals surface area contributed by atoms with Gasteiger partial charge in [-0.25, -0.2) is 9.97 Å². The zero-order chi connectivity index (χ0) is 13.7. The summed E-state index contributed by atoms with van der Waals surface area (Å²) in [5, 5.41) is 3.24. The maximum Gasteiger partial charge on any atom is 0.129 e. The van der Waals surface area contributed by atoms with Gasteiger partial charge in [0.05, 0.1) is 14.2 Å². The minimum Gasteiger partial charge on any atom is -0.497 e. The summed E-state index contributed by atoms with van der Waals surface area (Å²) in [5.41, 5.74) is 1.04. The smallest absolute Gasteiger partial charge is 0.129 e. The van der Waals surface area contributed by atoms with Gasteiger partial charge in [-0.3, -0.25) is 0 Å². The Morgan fingerprint density at radius 3 is 2.68 bits per heavy atom. The molecule has 100 valence electrons. The molecule has 5 heteroatoms. The molecule has 0 aliphatic carbocycles. The zero-order valence-corrected chi connectivity index (χ0v) is 11.3. The van der Waals surface area contributed by atoms with Gasteiger partial charge in [0.25, 0.3) is 0 Å². The highest BCUT2D eigenvalue weighted by molar-refractivity contribution is 5.43. The Labute approximate surface area is 112 Å². The van der Waals surface area contributed by atoms with Gasteiger partial charge < -0.3 is 14.8 Å². The van der Waals surface area contributed by atoms with E-state index in [-0.39, 0.29) is 0 Å². The van der Waals surface area contributed by atoms with Gasteiger partial charge in [0, 0.05) is 24.4 Å². The quantitative estimate of drug-likeness (QED) is 0.893. The lowest BCUT2D eigenvalue weighted by Crippen LogP contribution is -2.04. The van der Waals surface area contributed by atoms with E-state index >= 15 is 0 Å². The number of nitrogens with one attached hydrogen (secondary N) is 1. The van der Waals surface area contributed by atoms with Crippen LogP contribution in [0.1, 0.15) is 11.4 Å².